The highest BCUT2D eigenvalue weighted by Gasteiger charge is 2.40. The summed E-state index contributed by atoms with van der Waals surface area (Å²) in [5.41, 5.74) is -0.455. The molecule has 2 saturated heterocycles. The van der Waals surface area contributed by atoms with E-state index in [1.54, 1.807) is 4.90 Å². The van der Waals surface area contributed by atoms with Crippen LogP contribution in [0.15, 0.2) is 0 Å². The third-order valence-corrected chi connectivity index (χ3v) is 3.79. The van der Waals surface area contributed by atoms with Crippen molar-refractivity contribution < 1.29 is 14.6 Å². The van der Waals surface area contributed by atoms with E-state index in [0.717, 1.165) is 25.8 Å². The molecule has 0 aromatic carbocycles. The second-order valence-corrected chi connectivity index (χ2v) is 5.13. The summed E-state index contributed by atoms with van der Waals surface area (Å²) in [6.07, 6.45) is 3.10. The highest BCUT2D eigenvalue weighted by atomic mass is 16.5. The first kappa shape index (κ1) is 12.8. The first-order valence-electron chi connectivity index (χ1n) is 6.42. The van der Waals surface area contributed by atoms with E-state index in [-0.39, 0.29) is 18.6 Å². The molecule has 2 aliphatic rings. The fourth-order valence-electron chi connectivity index (χ4n) is 2.63. The molecule has 2 N–H and O–H groups in total. The molecule has 0 aromatic rings. The van der Waals surface area contributed by atoms with Gasteiger partial charge >= 0.3 is 0 Å². The monoisotopic (exact) mass is 242 g/mol. The first-order valence-corrected chi connectivity index (χ1v) is 6.42. The summed E-state index contributed by atoms with van der Waals surface area (Å²) in [5, 5.41) is 12.6. The number of hydrogen-bond donors (Lipinski definition) is 2. The molecule has 2 heterocycles. The summed E-state index contributed by atoms with van der Waals surface area (Å²) in [6.45, 7) is 4.44. The molecule has 5 heteroatoms. The second kappa shape index (κ2) is 5.33. The van der Waals surface area contributed by atoms with Crippen molar-refractivity contribution in [1.29, 1.82) is 0 Å². The minimum atomic E-state index is -0.455. The van der Waals surface area contributed by atoms with Gasteiger partial charge in [0.15, 0.2) is 0 Å². The van der Waals surface area contributed by atoms with E-state index >= 15 is 0 Å². The number of hydrogen-bond acceptors (Lipinski definition) is 4. The van der Waals surface area contributed by atoms with E-state index < -0.39 is 5.54 Å². The maximum Gasteiger partial charge on any atom is 0.243 e. The highest BCUT2D eigenvalue weighted by molar-refractivity contribution is 5.86. The highest BCUT2D eigenvalue weighted by Crippen LogP contribution is 2.23. The Bertz CT molecular complexity index is 277. The van der Waals surface area contributed by atoms with Gasteiger partial charge in [0.25, 0.3) is 0 Å². The van der Waals surface area contributed by atoms with Gasteiger partial charge in [-0.25, -0.2) is 0 Å². The van der Waals surface area contributed by atoms with Crippen molar-refractivity contribution in [2.24, 2.45) is 0 Å². The summed E-state index contributed by atoms with van der Waals surface area (Å²) in [5.74, 6) is 0.111. The van der Waals surface area contributed by atoms with Gasteiger partial charge in [-0.05, 0) is 32.7 Å². The number of rotatable bonds is 2. The van der Waals surface area contributed by atoms with E-state index in [1.807, 2.05) is 6.92 Å². The van der Waals surface area contributed by atoms with Gasteiger partial charge in [-0.2, -0.15) is 0 Å². The third-order valence-electron chi connectivity index (χ3n) is 3.79. The van der Waals surface area contributed by atoms with E-state index in [9.17, 15) is 9.90 Å². The van der Waals surface area contributed by atoms with E-state index in [0.29, 0.717) is 19.8 Å². The molecule has 0 aliphatic carbocycles. The molecule has 0 spiro atoms. The maximum atomic E-state index is 12.5. The summed E-state index contributed by atoms with van der Waals surface area (Å²) < 4.78 is 5.30. The Morgan fingerprint density at radius 3 is 3.06 bits per heavy atom. The van der Waals surface area contributed by atoms with Crippen LogP contribution < -0.4 is 5.32 Å². The number of carbonyl (C=O) groups is 1. The Labute approximate surface area is 102 Å². The SMILES string of the molecule is CC1(C(=O)N2CCOCC2CO)CCCCN1. The van der Waals surface area contributed by atoms with Crippen molar-refractivity contribution in [3.8, 4) is 0 Å². The number of carbonyl (C=O) groups excluding carboxylic acids is 1. The Morgan fingerprint density at radius 2 is 2.41 bits per heavy atom. The van der Waals surface area contributed by atoms with E-state index in [2.05, 4.69) is 5.32 Å². The van der Waals surface area contributed by atoms with Crippen molar-refractivity contribution in [3.05, 3.63) is 0 Å². The van der Waals surface area contributed by atoms with Crippen molar-refractivity contribution >= 4 is 5.91 Å². The number of ether oxygens (including phenoxy) is 1. The first-order chi connectivity index (χ1) is 8.17. The molecule has 2 atom stereocenters. The average molecular weight is 242 g/mol. The molecule has 2 fully saturated rings. The van der Waals surface area contributed by atoms with E-state index in [4.69, 9.17) is 4.74 Å². The minimum Gasteiger partial charge on any atom is -0.394 e. The van der Waals surface area contributed by atoms with Crippen LogP contribution in [-0.2, 0) is 9.53 Å². The summed E-state index contributed by atoms with van der Waals surface area (Å²) in [7, 11) is 0. The maximum absolute atomic E-state index is 12.5. The van der Waals surface area contributed by atoms with Gasteiger partial charge in [0, 0.05) is 6.54 Å². The molecule has 2 rings (SSSR count). The quantitative estimate of drug-likeness (QED) is 0.700. The van der Waals surface area contributed by atoms with Crippen LogP contribution in [0.1, 0.15) is 26.2 Å². The molecule has 5 nitrogen and oxygen atoms in total. The molecule has 0 bridgehead atoms. The number of piperidine rings is 1. The topological polar surface area (TPSA) is 61.8 Å². The van der Waals surface area contributed by atoms with Gasteiger partial charge in [-0.3, -0.25) is 4.79 Å². The van der Waals surface area contributed by atoms with Crippen LogP contribution in [0.5, 0.6) is 0 Å². The molecule has 98 valence electrons. The Morgan fingerprint density at radius 1 is 1.59 bits per heavy atom. The predicted octanol–water partition coefficient (Wildman–Crippen LogP) is -0.262. The Hall–Kier alpha value is -0.650. The Balaban J connectivity index is 2.06. The van der Waals surface area contributed by atoms with E-state index in [1.165, 1.54) is 0 Å². The molecule has 0 radical (unpaired) electrons. The normalized spacial score (nSPS) is 34.7. The summed E-state index contributed by atoms with van der Waals surface area (Å²) in [6, 6.07) is -0.184. The van der Waals surface area contributed by atoms with Crippen molar-refractivity contribution in [1.82, 2.24) is 10.2 Å². The zero-order valence-corrected chi connectivity index (χ0v) is 10.4. The van der Waals surface area contributed by atoms with Gasteiger partial charge in [0.1, 0.15) is 0 Å². The lowest BCUT2D eigenvalue weighted by atomic mass is 9.89. The number of amides is 1. The van der Waals surface area contributed by atoms with Gasteiger partial charge in [-0.15, -0.1) is 0 Å². The minimum absolute atomic E-state index is 0.0260. The van der Waals surface area contributed by atoms with Crippen LogP contribution in [0, 0.1) is 0 Å². The lowest BCUT2D eigenvalue weighted by Gasteiger charge is -2.42. The molecular formula is C12H22N2O3. The fraction of sp³-hybridized carbons (Fsp3) is 0.917. The third kappa shape index (κ3) is 2.61. The van der Waals surface area contributed by atoms with Gasteiger partial charge in [0.2, 0.25) is 5.91 Å². The van der Waals surface area contributed by atoms with Gasteiger partial charge in [-0.1, -0.05) is 0 Å². The molecular weight excluding hydrogens is 220 g/mol. The lowest BCUT2D eigenvalue weighted by molar-refractivity contribution is -0.149. The Kier molecular flexibility index (Phi) is 4.01. The van der Waals surface area contributed by atoms with Crippen LogP contribution in [-0.4, -0.2) is 60.4 Å². The smallest absolute Gasteiger partial charge is 0.243 e. The van der Waals surface area contributed by atoms with Crippen molar-refractivity contribution in [3.63, 3.8) is 0 Å². The van der Waals surface area contributed by atoms with Crippen LogP contribution in [0.4, 0.5) is 0 Å². The van der Waals surface area contributed by atoms with Crippen LogP contribution in [0.25, 0.3) is 0 Å². The predicted molar refractivity (Wildman–Crippen MR) is 63.7 cm³/mol. The standard InChI is InChI=1S/C12H22N2O3/c1-12(4-2-3-5-13-12)11(16)14-6-7-17-9-10(14)8-15/h10,13,15H,2-9H2,1H3. The molecule has 2 unspecified atom stereocenters. The lowest BCUT2D eigenvalue weighted by Crippen LogP contribution is -2.62. The zero-order valence-electron chi connectivity index (χ0n) is 10.4. The van der Waals surface area contributed by atoms with Crippen molar-refractivity contribution in [2.45, 2.75) is 37.8 Å². The van der Waals surface area contributed by atoms with Gasteiger partial charge in [0.05, 0.1) is 31.4 Å². The van der Waals surface area contributed by atoms with Gasteiger partial charge < -0.3 is 20.1 Å². The largest absolute Gasteiger partial charge is 0.394 e. The van der Waals surface area contributed by atoms with Crippen molar-refractivity contribution in [2.75, 3.05) is 32.9 Å². The van der Waals surface area contributed by atoms with Crippen LogP contribution >= 0.6 is 0 Å². The fourth-order valence-corrected chi connectivity index (χ4v) is 2.63. The van der Waals surface area contributed by atoms with Crippen LogP contribution in [0.3, 0.4) is 0 Å². The summed E-state index contributed by atoms with van der Waals surface area (Å²) >= 11 is 0. The number of nitrogens with zero attached hydrogens (tertiary/aromatic N) is 1. The summed E-state index contributed by atoms with van der Waals surface area (Å²) in [4.78, 5) is 14.3. The number of nitrogens with one attached hydrogen (secondary N) is 1. The zero-order chi connectivity index (χ0) is 12.3. The molecule has 2 aliphatic heterocycles. The number of aliphatic hydroxyl groups is 1. The molecule has 17 heavy (non-hydrogen) atoms. The number of aliphatic hydroxyl groups excluding tert-OH is 1. The average Bonchev–Trinajstić information content (AvgIpc) is 2.38. The number of morpholine rings is 1. The second-order valence-electron chi connectivity index (χ2n) is 5.13. The molecule has 1 amide bonds. The molecule has 0 saturated carbocycles. The van der Waals surface area contributed by atoms with Crippen LogP contribution in [0.2, 0.25) is 0 Å². The molecule has 0 aromatic heterocycles.